The number of allylic oxidation sites excluding steroid dienone is 1. The lowest BCUT2D eigenvalue weighted by Gasteiger charge is -2.30. The molecule has 1 atom stereocenters. The van der Waals surface area contributed by atoms with Crippen molar-refractivity contribution in [1.29, 1.82) is 0 Å². The molecule has 0 rings (SSSR count). The Morgan fingerprint density at radius 3 is 1.85 bits per heavy atom. The molecule has 0 saturated carbocycles. The Morgan fingerprint density at radius 2 is 1.62 bits per heavy atom. The predicted octanol–water partition coefficient (Wildman–Crippen LogP) is 2.22. The van der Waals surface area contributed by atoms with Crippen molar-refractivity contribution in [2.45, 2.75) is 25.8 Å². The summed E-state index contributed by atoms with van der Waals surface area (Å²) >= 11 is 0. The van der Waals surface area contributed by atoms with Crippen LogP contribution in [0.2, 0.25) is 5.54 Å². The zero-order chi connectivity index (χ0) is 10.5. The Morgan fingerprint density at radius 1 is 1.23 bits per heavy atom. The molecule has 3 nitrogen and oxygen atoms in total. The molecule has 78 valence electrons. The van der Waals surface area contributed by atoms with E-state index in [2.05, 4.69) is 13.5 Å². The molecule has 1 unspecified atom stereocenters. The molecule has 0 aliphatic rings. The molecule has 0 saturated heterocycles. The third-order valence-electron chi connectivity index (χ3n) is 2.11. The first-order chi connectivity index (χ1) is 6.02. The average Bonchev–Trinajstić information content (AvgIpc) is 2.07. The molecular weight excluding hydrogens is 184 g/mol. The molecule has 0 bridgehead atoms. The van der Waals surface area contributed by atoms with Crippen molar-refractivity contribution in [1.82, 2.24) is 0 Å². The van der Waals surface area contributed by atoms with Gasteiger partial charge in [0.05, 0.1) is 0 Å². The van der Waals surface area contributed by atoms with Crippen molar-refractivity contribution in [3.8, 4) is 0 Å². The van der Waals surface area contributed by atoms with E-state index in [1.165, 1.54) is 0 Å². The van der Waals surface area contributed by atoms with Gasteiger partial charge in [0.25, 0.3) is 0 Å². The van der Waals surface area contributed by atoms with Gasteiger partial charge in [-0.15, -0.1) is 6.58 Å². The minimum atomic E-state index is -2.44. The van der Waals surface area contributed by atoms with Crippen molar-refractivity contribution in [2.24, 2.45) is 0 Å². The highest BCUT2D eigenvalue weighted by Gasteiger charge is 2.44. The van der Waals surface area contributed by atoms with Crippen LogP contribution in [0, 0.1) is 0 Å². The van der Waals surface area contributed by atoms with Gasteiger partial charge in [-0.25, -0.2) is 0 Å². The fourth-order valence-corrected chi connectivity index (χ4v) is 3.81. The van der Waals surface area contributed by atoms with Crippen LogP contribution in [0.3, 0.4) is 0 Å². The Bertz CT molecular complexity index is 158. The average molecular weight is 204 g/mol. The third kappa shape index (κ3) is 3.23. The Hall–Kier alpha value is -0.163. The van der Waals surface area contributed by atoms with Crippen LogP contribution in [-0.4, -0.2) is 30.1 Å². The quantitative estimate of drug-likeness (QED) is 0.490. The van der Waals surface area contributed by atoms with Crippen molar-refractivity contribution in [3.63, 3.8) is 0 Å². The van der Waals surface area contributed by atoms with E-state index in [0.29, 0.717) is 0 Å². The van der Waals surface area contributed by atoms with Gasteiger partial charge in [-0.05, 0) is 13.3 Å². The Balaban J connectivity index is 4.43. The van der Waals surface area contributed by atoms with Crippen LogP contribution in [0.25, 0.3) is 0 Å². The van der Waals surface area contributed by atoms with Crippen LogP contribution in [0.5, 0.6) is 0 Å². The lowest BCUT2D eigenvalue weighted by Crippen LogP contribution is -2.46. The van der Waals surface area contributed by atoms with Crippen molar-refractivity contribution in [2.75, 3.05) is 21.3 Å². The fourth-order valence-electron chi connectivity index (χ4n) is 1.50. The van der Waals surface area contributed by atoms with Crippen LogP contribution in [0.4, 0.5) is 0 Å². The molecule has 0 spiro atoms. The van der Waals surface area contributed by atoms with Crippen LogP contribution in [-0.2, 0) is 13.3 Å². The lowest BCUT2D eigenvalue weighted by atomic mass is 10.2. The molecule has 0 aliphatic carbocycles. The standard InChI is InChI=1S/C9H20O3Si/c1-8(2)7-9(3)13(10-4,11-5)12-6/h9H,1,7H2,2-6H3. The summed E-state index contributed by atoms with van der Waals surface area (Å²) in [7, 11) is 2.45. The van der Waals surface area contributed by atoms with E-state index >= 15 is 0 Å². The highest BCUT2D eigenvalue weighted by Crippen LogP contribution is 2.28. The molecule has 0 N–H and O–H groups in total. The SMILES string of the molecule is C=C(C)CC(C)[Si](OC)(OC)OC. The maximum atomic E-state index is 5.35. The van der Waals surface area contributed by atoms with Crippen molar-refractivity contribution >= 4 is 8.80 Å². The van der Waals surface area contributed by atoms with Gasteiger partial charge in [0.2, 0.25) is 0 Å². The second-order valence-electron chi connectivity index (χ2n) is 3.28. The summed E-state index contributed by atoms with van der Waals surface area (Å²) in [6, 6.07) is 0. The zero-order valence-electron chi connectivity index (χ0n) is 9.22. The van der Waals surface area contributed by atoms with E-state index in [9.17, 15) is 0 Å². The van der Waals surface area contributed by atoms with Gasteiger partial charge in [0, 0.05) is 26.9 Å². The van der Waals surface area contributed by atoms with E-state index < -0.39 is 8.80 Å². The van der Waals surface area contributed by atoms with Gasteiger partial charge < -0.3 is 13.3 Å². The normalized spacial score (nSPS) is 14.2. The fraction of sp³-hybridized carbons (Fsp3) is 0.778. The second kappa shape index (κ2) is 5.54. The molecule has 0 aromatic rings. The third-order valence-corrected chi connectivity index (χ3v) is 5.23. The molecule has 4 heteroatoms. The highest BCUT2D eigenvalue weighted by molar-refractivity contribution is 6.62. The number of hydrogen-bond acceptors (Lipinski definition) is 3. The van der Waals surface area contributed by atoms with Crippen molar-refractivity contribution < 1.29 is 13.3 Å². The number of rotatable bonds is 6. The molecular formula is C9H20O3Si. The maximum Gasteiger partial charge on any atom is 0.503 e. The van der Waals surface area contributed by atoms with Crippen LogP contribution in [0.15, 0.2) is 12.2 Å². The summed E-state index contributed by atoms with van der Waals surface area (Å²) in [5.41, 5.74) is 1.38. The van der Waals surface area contributed by atoms with Gasteiger partial charge >= 0.3 is 8.80 Å². The molecule has 0 amide bonds. The smallest absolute Gasteiger partial charge is 0.377 e. The second-order valence-corrected chi connectivity index (χ2v) is 6.70. The summed E-state index contributed by atoms with van der Waals surface area (Å²) in [5.74, 6) is 0. The molecule has 0 aromatic heterocycles. The molecule has 0 heterocycles. The Kier molecular flexibility index (Phi) is 5.47. The Labute approximate surface area is 82.1 Å². The molecule has 0 radical (unpaired) electrons. The summed E-state index contributed by atoms with van der Waals surface area (Å²) in [6.45, 7) is 7.93. The number of hydrogen-bond donors (Lipinski definition) is 0. The minimum absolute atomic E-state index is 0.255. The monoisotopic (exact) mass is 204 g/mol. The molecule has 0 fully saturated rings. The summed E-state index contributed by atoms with van der Waals surface area (Å²) in [4.78, 5) is 0. The minimum Gasteiger partial charge on any atom is -0.377 e. The molecule has 13 heavy (non-hydrogen) atoms. The van der Waals surface area contributed by atoms with E-state index in [0.717, 1.165) is 12.0 Å². The summed E-state index contributed by atoms with van der Waals surface area (Å²) < 4.78 is 16.1. The van der Waals surface area contributed by atoms with Gasteiger partial charge in [-0.1, -0.05) is 12.5 Å². The van der Waals surface area contributed by atoms with E-state index in [4.69, 9.17) is 13.3 Å². The van der Waals surface area contributed by atoms with E-state index in [1.54, 1.807) is 21.3 Å². The van der Waals surface area contributed by atoms with E-state index in [-0.39, 0.29) is 5.54 Å². The molecule has 0 aliphatic heterocycles. The summed E-state index contributed by atoms with van der Waals surface area (Å²) in [6.07, 6.45) is 0.877. The van der Waals surface area contributed by atoms with Crippen LogP contribution in [0.1, 0.15) is 20.3 Å². The van der Waals surface area contributed by atoms with E-state index in [1.807, 2.05) is 6.92 Å². The van der Waals surface area contributed by atoms with Gasteiger partial charge in [0.15, 0.2) is 0 Å². The van der Waals surface area contributed by atoms with Crippen LogP contribution >= 0.6 is 0 Å². The van der Waals surface area contributed by atoms with Gasteiger partial charge in [-0.2, -0.15) is 0 Å². The lowest BCUT2D eigenvalue weighted by molar-refractivity contribution is 0.113. The van der Waals surface area contributed by atoms with Gasteiger partial charge in [0.1, 0.15) is 0 Å². The molecule has 0 aromatic carbocycles. The topological polar surface area (TPSA) is 27.7 Å². The van der Waals surface area contributed by atoms with Crippen LogP contribution < -0.4 is 0 Å². The first-order valence-corrected chi connectivity index (χ1v) is 6.12. The first kappa shape index (κ1) is 12.8. The predicted molar refractivity (Wildman–Crippen MR) is 55.6 cm³/mol. The van der Waals surface area contributed by atoms with Gasteiger partial charge in [-0.3, -0.25) is 0 Å². The maximum absolute atomic E-state index is 5.35. The highest BCUT2D eigenvalue weighted by atomic mass is 28.4. The first-order valence-electron chi connectivity index (χ1n) is 4.32. The summed E-state index contributed by atoms with van der Waals surface area (Å²) in [5, 5.41) is 0. The van der Waals surface area contributed by atoms with Crippen molar-refractivity contribution in [3.05, 3.63) is 12.2 Å². The zero-order valence-corrected chi connectivity index (χ0v) is 10.2. The largest absolute Gasteiger partial charge is 0.503 e.